The third-order valence-electron chi connectivity index (χ3n) is 4.33. The smallest absolute Gasteiger partial charge is 0.337 e. The van der Waals surface area contributed by atoms with Gasteiger partial charge >= 0.3 is 5.97 Å². The molecule has 0 bridgehead atoms. The minimum absolute atomic E-state index is 0.0174. The lowest BCUT2D eigenvalue weighted by atomic mass is 10.2. The first kappa shape index (κ1) is 19.9. The third kappa shape index (κ3) is 4.17. The van der Waals surface area contributed by atoms with Crippen LogP contribution in [0, 0.1) is 0 Å². The Kier molecular flexibility index (Phi) is 6.30. The first-order valence-corrected chi connectivity index (χ1v) is 9.94. The minimum Gasteiger partial charge on any atom is -0.497 e. The number of aromatic carboxylic acids is 1. The number of methoxy groups -OCH3 is 1. The van der Waals surface area contributed by atoms with Gasteiger partial charge in [-0.05, 0) is 37.1 Å². The van der Waals surface area contributed by atoms with E-state index in [9.17, 15) is 14.7 Å². The number of thiophene rings is 1. The zero-order valence-corrected chi connectivity index (χ0v) is 16.6. The molecule has 0 saturated carbocycles. The molecule has 0 saturated heterocycles. The van der Waals surface area contributed by atoms with Crippen LogP contribution in [-0.4, -0.2) is 34.3 Å². The number of hydrogen-bond donors (Lipinski definition) is 1. The van der Waals surface area contributed by atoms with Gasteiger partial charge in [0, 0.05) is 18.3 Å². The Morgan fingerprint density at radius 2 is 1.96 bits per heavy atom. The molecular weight excluding hydrogens is 380 g/mol. The van der Waals surface area contributed by atoms with Crippen molar-refractivity contribution in [2.75, 3.05) is 13.7 Å². The quantitative estimate of drug-likeness (QED) is 0.550. The van der Waals surface area contributed by atoms with Gasteiger partial charge in [-0.3, -0.25) is 9.36 Å². The summed E-state index contributed by atoms with van der Waals surface area (Å²) >= 11 is 1.19. The topological polar surface area (TPSA) is 90.7 Å². The summed E-state index contributed by atoms with van der Waals surface area (Å²) in [6.45, 7) is 2.87. The molecule has 7 nitrogen and oxygen atoms in total. The van der Waals surface area contributed by atoms with Gasteiger partial charge in [0.2, 0.25) is 0 Å². The summed E-state index contributed by atoms with van der Waals surface area (Å²) in [6, 6.07) is 7.29. The normalized spacial score (nSPS) is 10.9. The molecule has 3 aromatic rings. The second-order valence-electron chi connectivity index (χ2n) is 6.25. The predicted octanol–water partition coefficient (Wildman–Crippen LogP) is 3.59. The van der Waals surface area contributed by atoms with Crippen molar-refractivity contribution >= 4 is 27.5 Å². The van der Waals surface area contributed by atoms with Crippen LogP contribution in [0.5, 0.6) is 11.5 Å². The summed E-state index contributed by atoms with van der Waals surface area (Å²) < 4.78 is 12.4. The molecule has 0 amide bonds. The molecule has 0 aliphatic heterocycles. The fourth-order valence-electron chi connectivity index (χ4n) is 2.95. The highest BCUT2D eigenvalue weighted by atomic mass is 32.1. The van der Waals surface area contributed by atoms with Crippen LogP contribution in [0.25, 0.3) is 10.2 Å². The molecule has 1 N–H and O–H groups in total. The second kappa shape index (κ2) is 8.88. The standard InChI is InChI=1S/C20H22N2O5S/c1-3-5-16-21-18-17(15(12-28-18)20(24)25)19(23)22(16)10-4-11-27-14-8-6-13(26-2)7-9-14/h6-9,12H,3-5,10-11H2,1-2H3,(H,24,25). The summed E-state index contributed by atoms with van der Waals surface area (Å²) in [7, 11) is 1.61. The van der Waals surface area contributed by atoms with E-state index in [1.54, 1.807) is 11.7 Å². The Bertz CT molecular complexity index is 1020. The summed E-state index contributed by atoms with van der Waals surface area (Å²) in [4.78, 5) is 29.4. The monoisotopic (exact) mass is 402 g/mol. The molecule has 3 rings (SSSR count). The zero-order chi connectivity index (χ0) is 20.1. The highest BCUT2D eigenvalue weighted by Crippen LogP contribution is 2.22. The average molecular weight is 402 g/mol. The van der Waals surface area contributed by atoms with E-state index in [4.69, 9.17) is 9.47 Å². The van der Waals surface area contributed by atoms with Crippen molar-refractivity contribution in [3.63, 3.8) is 0 Å². The van der Waals surface area contributed by atoms with Crippen molar-refractivity contribution in [2.24, 2.45) is 0 Å². The van der Waals surface area contributed by atoms with Crippen molar-refractivity contribution < 1.29 is 19.4 Å². The molecule has 0 radical (unpaired) electrons. The van der Waals surface area contributed by atoms with Crippen LogP contribution in [0.3, 0.4) is 0 Å². The molecule has 1 aromatic carbocycles. The summed E-state index contributed by atoms with van der Waals surface area (Å²) in [5.74, 6) is 1.06. The van der Waals surface area contributed by atoms with Gasteiger partial charge in [-0.25, -0.2) is 9.78 Å². The fourth-order valence-corrected chi connectivity index (χ4v) is 3.87. The number of nitrogens with zero attached hydrogens (tertiary/aromatic N) is 2. The number of carboxylic acid groups (broad SMARTS) is 1. The SMILES string of the molecule is CCCc1nc2scc(C(=O)O)c2c(=O)n1CCCOc1ccc(OC)cc1. The van der Waals surface area contributed by atoms with E-state index in [2.05, 4.69) is 4.98 Å². The molecule has 0 unspecified atom stereocenters. The van der Waals surface area contributed by atoms with Gasteiger partial charge in [-0.1, -0.05) is 6.92 Å². The lowest BCUT2D eigenvalue weighted by molar-refractivity contribution is 0.0699. The average Bonchev–Trinajstić information content (AvgIpc) is 3.12. The number of fused-ring (bicyclic) bond motifs is 1. The molecule has 8 heteroatoms. The Balaban J connectivity index is 1.77. The van der Waals surface area contributed by atoms with Gasteiger partial charge in [0.15, 0.2) is 0 Å². The van der Waals surface area contributed by atoms with Gasteiger partial charge in [0.05, 0.1) is 24.7 Å². The molecular formula is C20H22N2O5S. The molecule has 0 aliphatic rings. The van der Waals surface area contributed by atoms with Gasteiger partial charge in [0.1, 0.15) is 22.2 Å². The van der Waals surface area contributed by atoms with Crippen molar-refractivity contribution in [1.82, 2.24) is 9.55 Å². The van der Waals surface area contributed by atoms with Crippen LogP contribution >= 0.6 is 11.3 Å². The molecule has 2 aromatic heterocycles. The first-order valence-electron chi connectivity index (χ1n) is 9.06. The van der Waals surface area contributed by atoms with Crippen LogP contribution in [-0.2, 0) is 13.0 Å². The van der Waals surface area contributed by atoms with E-state index in [1.165, 1.54) is 16.7 Å². The Morgan fingerprint density at radius 3 is 2.61 bits per heavy atom. The highest BCUT2D eigenvalue weighted by molar-refractivity contribution is 7.17. The number of rotatable bonds is 9. The molecule has 0 fully saturated rings. The van der Waals surface area contributed by atoms with E-state index in [0.717, 1.165) is 17.9 Å². The summed E-state index contributed by atoms with van der Waals surface area (Å²) in [5, 5.41) is 11.0. The van der Waals surface area contributed by atoms with Crippen LogP contribution < -0.4 is 15.0 Å². The van der Waals surface area contributed by atoms with Gasteiger partial charge in [0.25, 0.3) is 5.56 Å². The van der Waals surface area contributed by atoms with Crippen LogP contribution in [0.2, 0.25) is 0 Å². The number of hydrogen-bond acceptors (Lipinski definition) is 6. The van der Waals surface area contributed by atoms with Crippen LogP contribution in [0.15, 0.2) is 34.4 Å². The number of aryl methyl sites for hydroxylation is 1. The predicted molar refractivity (Wildman–Crippen MR) is 108 cm³/mol. The molecule has 0 aliphatic carbocycles. The Morgan fingerprint density at radius 1 is 1.25 bits per heavy atom. The Labute approximate surface area is 166 Å². The van der Waals surface area contributed by atoms with E-state index in [0.29, 0.717) is 36.6 Å². The van der Waals surface area contributed by atoms with Crippen molar-refractivity contribution in [1.29, 1.82) is 0 Å². The van der Waals surface area contributed by atoms with Gasteiger partial charge < -0.3 is 14.6 Å². The second-order valence-corrected chi connectivity index (χ2v) is 7.11. The summed E-state index contributed by atoms with van der Waals surface area (Å²) in [6.07, 6.45) is 2.10. The minimum atomic E-state index is -1.11. The molecule has 0 atom stereocenters. The maximum atomic E-state index is 13.0. The number of carboxylic acids is 1. The zero-order valence-electron chi connectivity index (χ0n) is 15.8. The van der Waals surface area contributed by atoms with Crippen molar-refractivity contribution in [3.8, 4) is 11.5 Å². The third-order valence-corrected chi connectivity index (χ3v) is 5.20. The van der Waals surface area contributed by atoms with Gasteiger partial charge in [-0.2, -0.15) is 0 Å². The maximum absolute atomic E-state index is 13.0. The lowest BCUT2D eigenvalue weighted by Gasteiger charge is -2.13. The first-order chi connectivity index (χ1) is 13.5. The van der Waals surface area contributed by atoms with E-state index >= 15 is 0 Å². The Hall–Kier alpha value is -2.87. The van der Waals surface area contributed by atoms with E-state index in [-0.39, 0.29) is 16.5 Å². The number of ether oxygens (including phenoxy) is 2. The van der Waals surface area contributed by atoms with Crippen molar-refractivity contribution in [2.45, 2.75) is 32.7 Å². The number of aromatic nitrogens is 2. The number of benzene rings is 1. The van der Waals surface area contributed by atoms with Crippen LogP contribution in [0.4, 0.5) is 0 Å². The van der Waals surface area contributed by atoms with Crippen LogP contribution in [0.1, 0.15) is 35.9 Å². The molecule has 28 heavy (non-hydrogen) atoms. The summed E-state index contributed by atoms with van der Waals surface area (Å²) in [5.41, 5.74) is -0.277. The van der Waals surface area contributed by atoms with E-state index < -0.39 is 5.97 Å². The maximum Gasteiger partial charge on any atom is 0.337 e. The van der Waals surface area contributed by atoms with Crippen molar-refractivity contribution in [3.05, 3.63) is 51.4 Å². The van der Waals surface area contributed by atoms with Gasteiger partial charge in [-0.15, -0.1) is 11.3 Å². The fraction of sp³-hybridized carbons (Fsp3) is 0.350. The lowest BCUT2D eigenvalue weighted by Crippen LogP contribution is -2.26. The largest absolute Gasteiger partial charge is 0.497 e. The highest BCUT2D eigenvalue weighted by Gasteiger charge is 2.19. The van der Waals surface area contributed by atoms with E-state index in [1.807, 2.05) is 31.2 Å². The number of carbonyl (C=O) groups is 1. The molecule has 148 valence electrons. The molecule has 0 spiro atoms. The molecule has 2 heterocycles.